The summed E-state index contributed by atoms with van der Waals surface area (Å²) < 4.78 is 10.2. The van der Waals surface area contributed by atoms with Crippen LogP contribution in [0.15, 0.2) is 24.4 Å². The largest absolute Gasteiger partial charge is 0.462 e. The van der Waals surface area contributed by atoms with Gasteiger partial charge >= 0.3 is 11.9 Å². The molecule has 0 fully saturated rings. The van der Waals surface area contributed by atoms with Gasteiger partial charge in [-0.05, 0) is 38.0 Å². The number of esters is 2. The maximum atomic E-state index is 12.3. The maximum absolute atomic E-state index is 12.3. The van der Waals surface area contributed by atoms with Crippen LogP contribution in [0.3, 0.4) is 0 Å². The number of rotatable bonds is 7. The van der Waals surface area contributed by atoms with E-state index in [0.29, 0.717) is 28.1 Å². The van der Waals surface area contributed by atoms with Gasteiger partial charge in [-0.25, -0.2) is 9.59 Å². The van der Waals surface area contributed by atoms with Crippen LogP contribution >= 0.6 is 11.3 Å². The van der Waals surface area contributed by atoms with Crippen molar-refractivity contribution in [2.75, 3.05) is 18.5 Å². The highest BCUT2D eigenvalue weighted by Crippen LogP contribution is 2.34. The summed E-state index contributed by atoms with van der Waals surface area (Å²) in [6, 6.07) is 4.95. The summed E-state index contributed by atoms with van der Waals surface area (Å²) in [7, 11) is 0. The molecule has 3 aromatic rings. The molecule has 9 heteroatoms. The van der Waals surface area contributed by atoms with Crippen LogP contribution in [0.4, 0.5) is 5.00 Å². The lowest BCUT2D eigenvalue weighted by atomic mass is 10.1. The fourth-order valence-electron chi connectivity index (χ4n) is 2.95. The van der Waals surface area contributed by atoms with Crippen molar-refractivity contribution in [2.24, 2.45) is 0 Å². The van der Waals surface area contributed by atoms with Gasteiger partial charge in [0.1, 0.15) is 5.00 Å². The summed E-state index contributed by atoms with van der Waals surface area (Å²) in [5.41, 5.74) is 2.21. The molecule has 1 aromatic carbocycles. The number of carbonyl (C=O) groups excluding carboxylic acids is 3. The van der Waals surface area contributed by atoms with Gasteiger partial charge in [0.25, 0.3) is 5.91 Å². The van der Waals surface area contributed by atoms with Crippen LogP contribution in [-0.2, 0) is 20.7 Å². The second-order valence-corrected chi connectivity index (χ2v) is 7.44. The van der Waals surface area contributed by atoms with Crippen molar-refractivity contribution in [1.82, 2.24) is 10.2 Å². The number of nitrogens with one attached hydrogen (secondary N) is 2. The lowest BCUT2D eigenvalue weighted by Gasteiger charge is -2.08. The smallest absolute Gasteiger partial charge is 0.341 e. The van der Waals surface area contributed by atoms with Gasteiger partial charge < -0.3 is 14.8 Å². The van der Waals surface area contributed by atoms with Crippen LogP contribution in [0, 0.1) is 6.92 Å². The molecule has 2 aromatic heterocycles. The van der Waals surface area contributed by atoms with Gasteiger partial charge in [-0.1, -0.05) is 13.0 Å². The number of hydrogen-bond donors (Lipinski definition) is 2. The van der Waals surface area contributed by atoms with Crippen molar-refractivity contribution in [3.63, 3.8) is 0 Å². The zero-order valence-electron chi connectivity index (χ0n) is 16.3. The number of fused-ring (bicyclic) bond motifs is 1. The molecule has 29 heavy (non-hydrogen) atoms. The Hall–Kier alpha value is -3.20. The molecule has 0 aliphatic heterocycles. The second-order valence-electron chi connectivity index (χ2n) is 6.21. The lowest BCUT2D eigenvalue weighted by Crippen LogP contribution is -2.22. The number of aryl methyl sites for hydroxylation is 1. The fourth-order valence-corrected chi connectivity index (χ4v) is 4.10. The highest BCUT2D eigenvalue weighted by Gasteiger charge is 2.23. The number of H-pyrrole nitrogens is 1. The van der Waals surface area contributed by atoms with E-state index in [1.54, 1.807) is 31.3 Å². The van der Waals surface area contributed by atoms with E-state index >= 15 is 0 Å². The van der Waals surface area contributed by atoms with Crippen LogP contribution in [0.1, 0.15) is 45.0 Å². The number of nitrogens with zero attached hydrogens (tertiary/aromatic N) is 1. The number of benzene rings is 1. The summed E-state index contributed by atoms with van der Waals surface area (Å²) in [6.45, 7) is 5.30. The highest BCUT2D eigenvalue weighted by molar-refractivity contribution is 7.16. The number of amides is 1. The van der Waals surface area contributed by atoms with Crippen LogP contribution in [0.5, 0.6) is 0 Å². The van der Waals surface area contributed by atoms with Crippen molar-refractivity contribution in [1.29, 1.82) is 0 Å². The molecule has 0 spiro atoms. The predicted molar refractivity (Wildman–Crippen MR) is 109 cm³/mol. The third-order valence-electron chi connectivity index (χ3n) is 4.31. The molecule has 0 unspecified atom stereocenters. The minimum atomic E-state index is -0.626. The van der Waals surface area contributed by atoms with E-state index in [-0.39, 0.29) is 6.61 Å². The Morgan fingerprint density at radius 2 is 1.97 bits per heavy atom. The van der Waals surface area contributed by atoms with E-state index in [0.717, 1.165) is 15.8 Å². The fraction of sp³-hybridized carbons (Fsp3) is 0.300. The Morgan fingerprint density at radius 3 is 2.69 bits per heavy atom. The Bertz CT molecular complexity index is 1070. The quantitative estimate of drug-likeness (QED) is 0.572. The lowest BCUT2D eigenvalue weighted by molar-refractivity contribution is -0.119. The summed E-state index contributed by atoms with van der Waals surface area (Å²) in [6.07, 6.45) is 2.28. The van der Waals surface area contributed by atoms with Gasteiger partial charge in [-0.15, -0.1) is 11.3 Å². The van der Waals surface area contributed by atoms with E-state index in [2.05, 4.69) is 15.5 Å². The Balaban J connectivity index is 1.67. The van der Waals surface area contributed by atoms with Crippen molar-refractivity contribution in [3.8, 4) is 0 Å². The summed E-state index contributed by atoms with van der Waals surface area (Å²) in [5, 5.41) is 10.6. The Kier molecular flexibility index (Phi) is 6.28. The minimum absolute atomic E-state index is 0.239. The van der Waals surface area contributed by atoms with Crippen LogP contribution in [0.2, 0.25) is 0 Å². The number of aromatic amines is 1. The van der Waals surface area contributed by atoms with Crippen molar-refractivity contribution < 1.29 is 23.9 Å². The Morgan fingerprint density at radius 1 is 1.17 bits per heavy atom. The van der Waals surface area contributed by atoms with Crippen molar-refractivity contribution >= 4 is 45.1 Å². The number of anilines is 1. The first kappa shape index (κ1) is 20.5. The molecule has 0 aliphatic rings. The SMILES string of the molecule is CCOC(=O)c1c(NC(=O)COC(=O)c2ccc3cn[nH]c3c2)sc(C)c1CC. The zero-order chi connectivity index (χ0) is 21.0. The minimum Gasteiger partial charge on any atom is -0.462 e. The van der Waals surface area contributed by atoms with Crippen molar-refractivity contribution in [3.05, 3.63) is 46.0 Å². The van der Waals surface area contributed by atoms with Crippen LogP contribution in [0.25, 0.3) is 10.9 Å². The number of thiophene rings is 1. The van der Waals surface area contributed by atoms with Crippen LogP contribution < -0.4 is 5.32 Å². The summed E-state index contributed by atoms with van der Waals surface area (Å²) in [5.74, 6) is -1.64. The van der Waals surface area contributed by atoms with E-state index in [9.17, 15) is 14.4 Å². The number of ether oxygens (including phenoxy) is 2. The molecule has 0 radical (unpaired) electrons. The average Bonchev–Trinajstić information content (AvgIpc) is 3.29. The standard InChI is InChI=1S/C20H21N3O5S/c1-4-14-11(3)29-18(17(14)20(26)27-5-2)22-16(24)10-28-19(25)12-6-7-13-9-21-23-15(13)8-12/h6-9H,4-5,10H2,1-3H3,(H,21,23)(H,22,24). The van der Waals surface area contributed by atoms with Crippen molar-refractivity contribution in [2.45, 2.75) is 27.2 Å². The third-order valence-corrected chi connectivity index (χ3v) is 5.37. The highest BCUT2D eigenvalue weighted by atomic mass is 32.1. The first-order chi connectivity index (χ1) is 13.9. The van der Waals surface area contributed by atoms with E-state index < -0.39 is 24.5 Å². The van der Waals surface area contributed by atoms with Gasteiger partial charge in [0.05, 0.1) is 29.4 Å². The number of hydrogen-bond acceptors (Lipinski definition) is 7. The second kappa shape index (κ2) is 8.87. The molecule has 2 N–H and O–H groups in total. The zero-order valence-corrected chi connectivity index (χ0v) is 17.1. The average molecular weight is 415 g/mol. The maximum Gasteiger partial charge on any atom is 0.341 e. The molecule has 0 saturated heterocycles. The van der Waals surface area contributed by atoms with Gasteiger partial charge in [-0.2, -0.15) is 5.10 Å². The van der Waals surface area contributed by atoms with E-state index in [4.69, 9.17) is 9.47 Å². The first-order valence-corrected chi connectivity index (χ1v) is 9.95. The molecule has 3 rings (SSSR count). The molecule has 2 heterocycles. The van der Waals surface area contributed by atoms with Gasteiger partial charge in [0.15, 0.2) is 6.61 Å². The molecule has 0 bridgehead atoms. The molecular weight excluding hydrogens is 394 g/mol. The first-order valence-electron chi connectivity index (χ1n) is 9.14. The normalized spacial score (nSPS) is 10.7. The van der Waals surface area contributed by atoms with Gasteiger partial charge in [0, 0.05) is 10.3 Å². The van der Waals surface area contributed by atoms with E-state index in [1.807, 2.05) is 13.8 Å². The monoisotopic (exact) mass is 415 g/mol. The number of carbonyl (C=O) groups is 3. The summed E-state index contributed by atoms with van der Waals surface area (Å²) in [4.78, 5) is 37.8. The molecule has 1 amide bonds. The summed E-state index contributed by atoms with van der Waals surface area (Å²) >= 11 is 1.30. The molecule has 8 nitrogen and oxygen atoms in total. The molecule has 152 valence electrons. The van der Waals surface area contributed by atoms with Gasteiger partial charge in [-0.3, -0.25) is 9.89 Å². The van der Waals surface area contributed by atoms with Crippen LogP contribution in [-0.4, -0.2) is 41.3 Å². The molecule has 0 aliphatic carbocycles. The number of aromatic nitrogens is 2. The van der Waals surface area contributed by atoms with E-state index in [1.165, 1.54) is 11.3 Å². The molecule has 0 saturated carbocycles. The molecule has 0 atom stereocenters. The predicted octanol–water partition coefficient (Wildman–Crippen LogP) is 3.47. The topological polar surface area (TPSA) is 110 Å². The molecular formula is C20H21N3O5S. The van der Waals surface area contributed by atoms with Gasteiger partial charge in [0.2, 0.25) is 0 Å². The Labute approximate surface area is 171 Å². The third kappa shape index (κ3) is 4.45.